The number of carbonyl (C=O) groups excluding carboxylic acids is 1. The second-order valence-corrected chi connectivity index (χ2v) is 5.79. The van der Waals surface area contributed by atoms with E-state index >= 15 is 0 Å². The van der Waals surface area contributed by atoms with Gasteiger partial charge >= 0.3 is 0 Å². The van der Waals surface area contributed by atoms with Crippen LogP contribution in [-0.2, 0) is 0 Å². The molecule has 0 aliphatic rings. The monoisotopic (exact) mass is 329 g/mol. The van der Waals surface area contributed by atoms with Crippen LogP contribution >= 0.6 is 0 Å². The van der Waals surface area contributed by atoms with Crippen LogP contribution in [0.25, 0.3) is 33.3 Å². The fourth-order valence-electron chi connectivity index (χ4n) is 2.93. The van der Waals surface area contributed by atoms with E-state index in [0.717, 1.165) is 22.2 Å². The van der Waals surface area contributed by atoms with Crippen molar-refractivity contribution in [2.75, 3.05) is 0 Å². The van der Waals surface area contributed by atoms with Crippen molar-refractivity contribution in [1.82, 2.24) is 9.97 Å². The molecule has 5 heteroatoms. The van der Waals surface area contributed by atoms with Gasteiger partial charge in [0.05, 0.1) is 5.69 Å². The molecule has 0 saturated heterocycles. The van der Waals surface area contributed by atoms with Crippen LogP contribution in [0.1, 0.15) is 10.4 Å². The third kappa shape index (κ3) is 2.61. The highest BCUT2D eigenvalue weighted by atomic mass is 16.3. The largest absolute Gasteiger partial charge is 0.507 e. The average molecular weight is 329 g/mol. The van der Waals surface area contributed by atoms with E-state index in [4.69, 9.17) is 5.73 Å². The number of aromatic amines is 1. The number of nitrogens with zero attached hydrogens (tertiary/aromatic N) is 1. The molecule has 1 amide bonds. The number of fused-ring (bicyclic) bond motifs is 1. The first-order chi connectivity index (χ1) is 12.1. The Morgan fingerprint density at radius 2 is 1.80 bits per heavy atom. The molecule has 2 aromatic heterocycles. The van der Waals surface area contributed by atoms with E-state index in [0.29, 0.717) is 16.7 Å². The van der Waals surface area contributed by atoms with Crippen molar-refractivity contribution in [2.45, 2.75) is 0 Å². The summed E-state index contributed by atoms with van der Waals surface area (Å²) >= 11 is 0. The van der Waals surface area contributed by atoms with Crippen LogP contribution in [0.5, 0.6) is 5.75 Å². The normalized spacial score (nSPS) is 10.9. The van der Waals surface area contributed by atoms with Gasteiger partial charge in [-0.05, 0) is 35.9 Å². The highest BCUT2D eigenvalue weighted by molar-refractivity contribution is 5.94. The average Bonchev–Trinajstić information content (AvgIpc) is 3.06. The van der Waals surface area contributed by atoms with Crippen LogP contribution in [0.3, 0.4) is 0 Å². The van der Waals surface area contributed by atoms with E-state index < -0.39 is 5.91 Å². The fourth-order valence-corrected chi connectivity index (χ4v) is 2.93. The molecule has 2 heterocycles. The van der Waals surface area contributed by atoms with Gasteiger partial charge in [-0.15, -0.1) is 0 Å². The van der Waals surface area contributed by atoms with Crippen molar-refractivity contribution >= 4 is 16.8 Å². The molecule has 4 aromatic rings. The predicted molar refractivity (Wildman–Crippen MR) is 97.1 cm³/mol. The summed E-state index contributed by atoms with van der Waals surface area (Å²) < 4.78 is 0. The van der Waals surface area contributed by atoms with E-state index in [1.54, 1.807) is 36.7 Å². The minimum absolute atomic E-state index is 0.175. The molecule has 122 valence electrons. The van der Waals surface area contributed by atoms with Crippen molar-refractivity contribution in [3.63, 3.8) is 0 Å². The highest BCUT2D eigenvalue weighted by Gasteiger charge is 2.13. The maximum Gasteiger partial charge on any atom is 0.248 e. The quantitative estimate of drug-likeness (QED) is 0.535. The van der Waals surface area contributed by atoms with Crippen LogP contribution in [0.15, 0.2) is 67.0 Å². The number of para-hydroxylation sites is 1. The molecular weight excluding hydrogens is 314 g/mol. The summed E-state index contributed by atoms with van der Waals surface area (Å²) in [6.45, 7) is 0. The first-order valence-electron chi connectivity index (χ1n) is 7.79. The number of H-pyrrole nitrogens is 1. The van der Waals surface area contributed by atoms with Crippen LogP contribution < -0.4 is 5.73 Å². The SMILES string of the molecule is NC(=O)c1ccc(-c2cccc(-c3cc4cnccc4[nH]3)c2O)cc1. The van der Waals surface area contributed by atoms with Gasteiger partial charge in [-0.1, -0.05) is 24.3 Å². The summed E-state index contributed by atoms with van der Waals surface area (Å²) in [5.41, 5.74) is 9.67. The Balaban J connectivity index is 1.81. The first kappa shape index (κ1) is 15.0. The molecule has 0 aliphatic carbocycles. The molecule has 0 aliphatic heterocycles. The first-order valence-corrected chi connectivity index (χ1v) is 7.79. The molecule has 4 N–H and O–H groups in total. The summed E-state index contributed by atoms with van der Waals surface area (Å²) in [7, 11) is 0. The number of hydrogen-bond acceptors (Lipinski definition) is 3. The van der Waals surface area contributed by atoms with E-state index in [1.807, 2.05) is 30.3 Å². The number of primary amides is 1. The van der Waals surface area contributed by atoms with E-state index in [-0.39, 0.29) is 5.75 Å². The Morgan fingerprint density at radius 1 is 1.04 bits per heavy atom. The number of amides is 1. The van der Waals surface area contributed by atoms with Gasteiger partial charge in [-0.3, -0.25) is 9.78 Å². The van der Waals surface area contributed by atoms with Gasteiger partial charge in [0.15, 0.2) is 0 Å². The molecule has 0 fully saturated rings. The number of pyridine rings is 1. The number of hydrogen-bond donors (Lipinski definition) is 3. The number of aromatic hydroxyl groups is 1. The summed E-state index contributed by atoms with van der Waals surface area (Å²) in [4.78, 5) is 18.6. The zero-order valence-corrected chi connectivity index (χ0v) is 13.2. The lowest BCUT2D eigenvalue weighted by molar-refractivity contribution is 0.100. The van der Waals surface area contributed by atoms with Crippen LogP contribution in [0.4, 0.5) is 0 Å². The van der Waals surface area contributed by atoms with Crippen molar-refractivity contribution in [3.8, 4) is 28.1 Å². The van der Waals surface area contributed by atoms with Gasteiger partial charge in [0, 0.05) is 40.0 Å². The zero-order chi connectivity index (χ0) is 17.4. The van der Waals surface area contributed by atoms with Gasteiger partial charge in [0.1, 0.15) is 5.75 Å². The maximum absolute atomic E-state index is 11.2. The molecular formula is C20H15N3O2. The summed E-state index contributed by atoms with van der Waals surface area (Å²) in [6.07, 6.45) is 3.50. The minimum atomic E-state index is -0.476. The predicted octanol–water partition coefficient (Wildman–Crippen LogP) is 3.70. The molecule has 5 nitrogen and oxygen atoms in total. The molecule has 25 heavy (non-hydrogen) atoms. The number of carbonyl (C=O) groups is 1. The molecule has 0 spiro atoms. The standard InChI is InChI=1S/C20H15N3O2/c21-20(25)13-6-4-12(5-7-13)15-2-1-3-16(19(15)24)18-10-14-11-22-9-8-17(14)23-18/h1-11,23-24H,(H2,21,25). The second kappa shape index (κ2) is 5.79. The van der Waals surface area contributed by atoms with Gasteiger partial charge in [0.2, 0.25) is 5.91 Å². The smallest absolute Gasteiger partial charge is 0.248 e. The molecule has 2 aromatic carbocycles. The lowest BCUT2D eigenvalue weighted by atomic mass is 9.99. The van der Waals surface area contributed by atoms with Gasteiger partial charge in [-0.2, -0.15) is 0 Å². The topological polar surface area (TPSA) is 92.0 Å². The molecule has 0 radical (unpaired) electrons. The number of phenolic OH excluding ortho intramolecular Hbond substituents is 1. The number of phenols is 1. The highest BCUT2D eigenvalue weighted by Crippen LogP contribution is 2.38. The third-order valence-electron chi connectivity index (χ3n) is 4.23. The zero-order valence-electron chi connectivity index (χ0n) is 13.2. The molecule has 4 rings (SSSR count). The second-order valence-electron chi connectivity index (χ2n) is 5.79. The molecule has 0 saturated carbocycles. The van der Waals surface area contributed by atoms with Crippen molar-refractivity contribution in [1.29, 1.82) is 0 Å². The van der Waals surface area contributed by atoms with Gasteiger partial charge in [0.25, 0.3) is 0 Å². The van der Waals surface area contributed by atoms with Crippen molar-refractivity contribution in [2.24, 2.45) is 5.73 Å². The van der Waals surface area contributed by atoms with Crippen LogP contribution in [0, 0.1) is 0 Å². The number of aromatic nitrogens is 2. The molecule has 0 unspecified atom stereocenters. The Labute approximate surface area is 143 Å². The van der Waals surface area contributed by atoms with E-state index in [2.05, 4.69) is 9.97 Å². The fraction of sp³-hybridized carbons (Fsp3) is 0. The van der Waals surface area contributed by atoms with Crippen LogP contribution in [0.2, 0.25) is 0 Å². The Hall–Kier alpha value is -3.60. The van der Waals surface area contributed by atoms with Gasteiger partial charge in [-0.25, -0.2) is 0 Å². The lowest BCUT2D eigenvalue weighted by Gasteiger charge is -2.09. The van der Waals surface area contributed by atoms with Crippen molar-refractivity contribution in [3.05, 3.63) is 72.6 Å². The van der Waals surface area contributed by atoms with Crippen LogP contribution in [-0.4, -0.2) is 21.0 Å². The maximum atomic E-state index is 11.2. The van der Waals surface area contributed by atoms with E-state index in [1.165, 1.54) is 0 Å². The van der Waals surface area contributed by atoms with Gasteiger partial charge < -0.3 is 15.8 Å². The molecule has 0 bridgehead atoms. The number of nitrogens with one attached hydrogen (secondary N) is 1. The summed E-state index contributed by atoms with van der Waals surface area (Å²) in [5.74, 6) is -0.301. The molecule has 0 atom stereocenters. The Morgan fingerprint density at radius 3 is 2.52 bits per heavy atom. The lowest BCUT2D eigenvalue weighted by Crippen LogP contribution is -2.10. The summed E-state index contributed by atoms with van der Waals surface area (Å²) in [5, 5.41) is 11.8. The third-order valence-corrected chi connectivity index (χ3v) is 4.23. The number of benzene rings is 2. The Kier molecular flexibility index (Phi) is 3.47. The number of rotatable bonds is 3. The van der Waals surface area contributed by atoms with E-state index in [9.17, 15) is 9.90 Å². The minimum Gasteiger partial charge on any atom is -0.507 e. The Bertz CT molecular complexity index is 1050. The van der Waals surface area contributed by atoms with Crippen molar-refractivity contribution < 1.29 is 9.90 Å². The number of nitrogens with two attached hydrogens (primary N) is 1. The summed E-state index contributed by atoms with van der Waals surface area (Å²) in [6, 6.07) is 16.3.